The predicted octanol–water partition coefficient (Wildman–Crippen LogP) is 5.92. The monoisotopic (exact) mass is 501 g/mol. The number of carbonyl (C=O) groups excluding carboxylic acids is 1. The summed E-state index contributed by atoms with van der Waals surface area (Å²) in [6.07, 6.45) is 3.29. The van der Waals surface area contributed by atoms with Gasteiger partial charge in [0.05, 0.1) is 26.8 Å². The summed E-state index contributed by atoms with van der Waals surface area (Å²) in [5.41, 5.74) is 1.99. The molecule has 0 aliphatic rings. The van der Waals surface area contributed by atoms with Crippen molar-refractivity contribution in [2.24, 2.45) is 7.05 Å². The lowest BCUT2D eigenvalue weighted by molar-refractivity contribution is 0.102. The lowest BCUT2D eigenvalue weighted by atomic mass is 10.0. The van der Waals surface area contributed by atoms with Crippen LogP contribution >= 0.6 is 39.1 Å². The number of hydrogen-bond donors (Lipinski definition) is 1. The molecule has 4 aromatic rings. The van der Waals surface area contributed by atoms with Gasteiger partial charge in [0, 0.05) is 40.4 Å². The smallest absolute Gasteiger partial charge is 0.258 e. The first kappa shape index (κ1) is 20.6. The summed E-state index contributed by atoms with van der Waals surface area (Å²) in [4.78, 5) is 29.8. The first-order chi connectivity index (χ1) is 14.4. The van der Waals surface area contributed by atoms with Gasteiger partial charge in [-0.05, 0) is 42.5 Å². The van der Waals surface area contributed by atoms with Gasteiger partial charge in [0.25, 0.3) is 11.5 Å². The zero-order valence-electron chi connectivity index (χ0n) is 15.6. The van der Waals surface area contributed by atoms with Gasteiger partial charge in [-0.1, -0.05) is 45.2 Å². The number of benzene rings is 2. The van der Waals surface area contributed by atoms with E-state index < -0.39 is 0 Å². The van der Waals surface area contributed by atoms with E-state index in [-0.39, 0.29) is 16.5 Å². The number of pyridine rings is 2. The van der Waals surface area contributed by atoms with Gasteiger partial charge in [-0.2, -0.15) is 0 Å². The quantitative estimate of drug-likeness (QED) is 0.378. The minimum absolute atomic E-state index is 0.186. The molecule has 0 bridgehead atoms. The van der Waals surface area contributed by atoms with E-state index in [1.165, 1.54) is 4.57 Å². The third-order valence-electron chi connectivity index (χ3n) is 4.72. The normalized spacial score (nSPS) is 10.9. The minimum atomic E-state index is -0.331. The average molecular weight is 503 g/mol. The minimum Gasteiger partial charge on any atom is -0.321 e. The summed E-state index contributed by atoms with van der Waals surface area (Å²) in [7, 11) is 1.68. The first-order valence-corrected chi connectivity index (χ1v) is 10.4. The fourth-order valence-corrected chi connectivity index (χ4v) is 4.24. The molecule has 30 heavy (non-hydrogen) atoms. The molecule has 4 rings (SSSR count). The standard InChI is InChI=1S/C22H14BrCl2N3O2/c1-28-18-7-8-26-11-13(18)10-15(22(28)30)19-16(24)5-6-17(20(19)25)27-21(29)12-3-2-4-14(23)9-12/h2-11H,1H3,(H,27,29). The van der Waals surface area contributed by atoms with Crippen LogP contribution in [0.1, 0.15) is 10.4 Å². The largest absolute Gasteiger partial charge is 0.321 e. The number of amides is 1. The van der Waals surface area contributed by atoms with E-state index in [1.807, 2.05) is 6.07 Å². The van der Waals surface area contributed by atoms with Crippen molar-refractivity contribution in [2.75, 3.05) is 5.32 Å². The number of hydrogen-bond acceptors (Lipinski definition) is 3. The highest BCUT2D eigenvalue weighted by atomic mass is 79.9. The third kappa shape index (κ3) is 3.74. The number of aromatic nitrogens is 2. The molecule has 2 heterocycles. The molecule has 2 aromatic heterocycles. The van der Waals surface area contributed by atoms with E-state index in [4.69, 9.17) is 23.2 Å². The Morgan fingerprint density at radius 1 is 1.13 bits per heavy atom. The Labute approximate surface area is 190 Å². The van der Waals surface area contributed by atoms with Gasteiger partial charge >= 0.3 is 0 Å². The lowest BCUT2D eigenvalue weighted by Crippen LogP contribution is -2.19. The number of rotatable bonds is 3. The summed E-state index contributed by atoms with van der Waals surface area (Å²) in [6, 6.07) is 13.7. The van der Waals surface area contributed by atoms with Crippen LogP contribution in [0, 0.1) is 0 Å². The van der Waals surface area contributed by atoms with Crippen LogP contribution in [0.5, 0.6) is 0 Å². The highest BCUT2D eigenvalue weighted by Crippen LogP contribution is 2.39. The van der Waals surface area contributed by atoms with Gasteiger partial charge < -0.3 is 9.88 Å². The Balaban J connectivity index is 1.83. The Morgan fingerprint density at radius 3 is 2.70 bits per heavy atom. The van der Waals surface area contributed by atoms with Crippen LogP contribution in [0.15, 0.2) is 70.2 Å². The van der Waals surface area contributed by atoms with Crippen molar-refractivity contribution in [3.8, 4) is 11.1 Å². The third-order valence-corrected chi connectivity index (χ3v) is 5.92. The Bertz CT molecular complexity index is 1370. The second-order valence-corrected chi connectivity index (χ2v) is 8.31. The number of aryl methyl sites for hydroxylation is 1. The Kier molecular flexibility index (Phi) is 5.64. The number of carbonyl (C=O) groups is 1. The molecule has 0 aliphatic heterocycles. The second-order valence-electron chi connectivity index (χ2n) is 6.61. The van der Waals surface area contributed by atoms with Gasteiger partial charge in [-0.3, -0.25) is 14.6 Å². The van der Waals surface area contributed by atoms with Crippen molar-refractivity contribution in [3.63, 3.8) is 0 Å². The molecule has 1 N–H and O–H groups in total. The lowest BCUT2D eigenvalue weighted by Gasteiger charge is -2.14. The van der Waals surface area contributed by atoms with Gasteiger partial charge in [-0.25, -0.2) is 0 Å². The van der Waals surface area contributed by atoms with E-state index >= 15 is 0 Å². The van der Waals surface area contributed by atoms with Crippen LogP contribution in [-0.4, -0.2) is 15.5 Å². The molecule has 8 heteroatoms. The second kappa shape index (κ2) is 8.22. The van der Waals surface area contributed by atoms with Crippen LogP contribution in [-0.2, 0) is 7.05 Å². The summed E-state index contributed by atoms with van der Waals surface area (Å²) in [5, 5.41) is 4.05. The van der Waals surface area contributed by atoms with Crippen LogP contribution in [0.25, 0.3) is 22.0 Å². The van der Waals surface area contributed by atoms with Crippen molar-refractivity contribution in [2.45, 2.75) is 0 Å². The first-order valence-electron chi connectivity index (χ1n) is 8.86. The summed E-state index contributed by atoms with van der Waals surface area (Å²) < 4.78 is 2.30. The topological polar surface area (TPSA) is 64.0 Å². The predicted molar refractivity (Wildman–Crippen MR) is 125 cm³/mol. The number of anilines is 1. The zero-order valence-corrected chi connectivity index (χ0v) is 18.7. The Morgan fingerprint density at radius 2 is 1.93 bits per heavy atom. The molecule has 0 spiro atoms. The molecular formula is C22H14BrCl2N3O2. The van der Waals surface area contributed by atoms with E-state index in [0.29, 0.717) is 27.4 Å². The van der Waals surface area contributed by atoms with Crippen LogP contribution < -0.4 is 10.9 Å². The number of fused-ring (bicyclic) bond motifs is 1. The maximum absolute atomic E-state index is 13.0. The highest BCUT2D eigenvalue weighted by Gasteiger charge is 2.19. The van der Waals surface area contributed by atoms with Gasteiger partial charge in [0.2, 0.25) is 0 Å². The molecule has 0 atom stereocenters. The van der Waals surface area contributed by atoms with Crippen molar-refractivity contribution in [1.29, 1.82) is 0 Å². The Hall–Kier alpha value is -2.67. The zero-order chi connectivity index (χ0) is 21.4. The van der Waals surface area contributed by atoms with Crippen molar-refractivity contribution in [1.82, 2.24) is 9.55 Å². The number of nitrogens with zero attached hydrogens (tertiary/aromatic N) is 2. The molecule has 0 unspecified atom stereocenters. The molecule has 1 amide bonds. The molecule has 150 valence electrons. The number of halogens is 3. The maximum atomic E-state index is 13.0. The fourth-order valence-electron chi connectivity index (χ4n) is 3.22. The molecule has 5 nitrogen and oxygen atoms in total. The van der Waals surface area contributed by atoms with Crippen LogP contribution in [0.3, 0.4) is 0 Å². The van der Waals surface area contributed by atoms with Gasteiger partial charge in [-0.15, -0.1) is 0 Å². The van der Waals surface area contributed by atoms with Crippen molar-refractivity contribution < 1.29 is 4.79 Å². The molecular weight excluding hydrogens is 489 g/mol. The van der Waals surface area contributed by atoms with Gasteiger partial charge in [0.15, 0.2) is 0 Å². The SMILES string of the molecule is Cn1c(=O)c(-c2c(Cl)ccc(NC(=O)c3cccc(Br)c3)c2Cl)cc2cnccc21. The molecule has 0 radical (unpaired) electrons. The van der Waals surface area contributed by atoms with E-state index in [2.05, 4.69) is 26.2 Å². The summed E-state index contributed by atoms with van der Waals surface area (Å²) in [5.74, 6) is -0.331. The molecule has 0 aliphatic carbocycles. The van der Waals surface area contributed by atoms with Gasteiger partial charge in [0.1, 0.15) is 0 Å². The molecule has 0 fully saturated rings. The van der Waals surface area contributed by atoms with Crippen molar-refractivity contribution in [3.05, 3.63) is 91.4 Å². The number of nitrogens with one attached hydrogen (secondary N) is 1. The van der Waals surface area contributed by atoms with Crippen LogP contribution in [0.2, 0.25) is 10.0 Å². The maximum Gasteiger partial charge on any atom is 0.258 e. The molecule has 0 saturated carbocycles. The molecule has 0 saturated heterocycles. The summed E-state index contributed by atoms with van der Waals surface area (Å²) >= 11 is 16.4. The average Bonchev–Trinajstić information content (AvgIpc) is 2.73. The van der Waals surface area contributed by atoms with Crippen molar-refractivity contribution >= 4 is 61.6 Å². The van der Waals surface area contributed by atoms with Crippen LogP contribution in [0.4, 0.5) is 5.69 Å². The van der Waals surface area contributed by atoms with E-state index in [0.717, 1.165) is 15.4 Å². The van der Waals surface area contributed by atoms with E-state index in [9.17, 15) is 9.59 Å². The molecule has 2 aromatic carbocycles. The highest BCUT2D eigenvalue weighted by molar-refractivity contribution is 9.10. The summed E-state index contributed by atoms with van der Waals surface area (Å²) in [6.45, 7) is 0. The van der Waals surface area contributed by atoms with E-state index in [1.54, 1.807) is 61.9 Å². The fraction of sp³-hybridized carbons (Fsp3) is 0.0455.